The zero-order chi connectivity index (χ0) is 15.1. The molecule has 114 valence electrons. The second-order valence-electron chi connectivity index (χ2n) is 6.25. The Morgan fingerprint density at radius 2 is 2.14 bits per heavy atom. The molecule has 0 radical (unpaired) electrons. The molecule has 1 aliphatic heterocycles. The predicted molar refractivity (Wildman–Crippen MR) is 86.7 cm³/mol. The topological polar surface area (TPSA) is 49.7 Å². The van der Waals surface area contributed by atoms with Gasteiger partial charge in [0.05, 0.1) is 29.3 Å². The number of fused-ring (bicyclic) bond motifs is 1. The van der Waals surface area contributed by atoms with Gasteiger partial charge in [-0.15, -0.1) is 0 Å². The van der Waals surface area contributed by atoms with Crippen LogP contribution >= 0.6 is 0 Å². The first-order valence-electron chi connectivity index (χ1n) is 7.88. The number of rotatable bonds is 3. The van der Waals surface area contributed by atoms with E-state index in [1.54, 1.807) is 0 Å². The molecule has 4 rings (SSSR count). The molecule has 1 fully saturated rings. The highest BCUT2D eigenvalue weighted by Gasteiger charge is 2.26. The number of likely N-dealkylation sites (tertiary alicyclic amines) is 1. The first-order chi connectivity index (χ1) is 10.7. The van der Waals surface area contributed by atoms with E-state index in [-0.39, 0.29) is 0 Å². The summed E-state index contributed by atoms with van der Waals surface area (Å²) in [4.78, 5) is 10.6. The van der Waals surface area contributed by atoms with Gasteiger partial charge in [-0.1, -0.05) is 12.1 Å². The van der Waals surface area contributed by atoms with E-state index in [4.69, 9.17) is 0 Å². The molecular weight excluding hydrogens is 274 g/mol. The number of hydrogen-bond donors (Lipinski definition) is 1. The fraction of sp³-hybridized carbons (Fsp3) is 0.412. The summed E-state index contributed by atoms with van der Waals surface area (Å²) in [6.07, 6.45) is 1.15. The van der Waals surface area contributed by atoms with Crippen molar-refractivity contribution in [1.82, 2.24) is 24.6 Å². The highest BCUT2D eigenvalue weighted by Crippen LogP contribution is 2.24. The maximum atomic E-state index is 4.68. The standard InChI is InChI=1S/C17H21N5/c1-12-9-13(2)22(20-12)14-7-8-21(10-14)11-17-18-15-5-3-4-6-16(15)19-17/h3-6,9,14H,7-8,10-11H2,1-2H3,(H,18,19)/t14-/m1/s1. The number of H-pyrrole nitrogens is 1. The molecule has 2 aromatic heterocycles. The van der Waals surface area contributed by atoms with Gasteiger partial charge in [0.2, 0.25) is 0 Å². The van der Waals surface area contributed by atoms with E-state index in [0.29, 0.717) is 6.04 Å². The molecule has 5 nitrogen and oxygen atoms in total. The van der Waals surface area contributed by atoms with Crippen LogP contribution in [0.1, 0.15) is 29.7 Å². The molecule has 1 aliphatic rings. The lowest BCUT2D eigenvalue weighted by molar-refractivity contribution is 0.304. The average molecular weight is 295 g/mol. The van der Waals surface area contributed by atoms with Gasteiger partial charge >= 0.3 is 0 Å². The van der Waals surface area contributed by atoms with E-state index in [0.717, 1.165) is 48.6 Å². The monoisotopic (exact) mass is 295 g/mol. The number of nitrogens with zero attached hydrogens (tertiary/aromatic N) is 4. The summed E-state index contributed by atoms with van der Waals surface area (Å²) in [6, 6.07) is 10.8. The Morgan fingerprint density at radius 3 is 2.91 bits per heavy atom. The quantitative estimate of drug-likeness (QED) is 0.808. The number of imidazole rings is 1. The van der Waals surface area contributed by atoms with Gasteiger partial charge in [-0.25, -0.2) is 4.98 Å². The SMILES string of the molecule is Cc1cc(C)n([C@@H]2CCN(Cc3nc4ccccc4[nH]3)C2)n1. The van der Waals surface area contributed by atoms with Gasteiger partial charge < -0.3 is 4.98 Å². The fourth-order valence-electron chi connectivity index (χ4n) is 3.46. The lowest BCUT2D eigenvalue weighted by atomic mass is 10.2. The van der Waals surface area contributed by atoms with Crippen molar-refractivity contribution >= 4 is 11.0 Å². The minimum absolute atomic E-state index is 0.484. The van der Waals surface area contributed by atoms with Gasteiger partial charge in [-0.2, -0.15) is 5.10 Å². The summed E-state index contributed by atoms with van der Waals surface area (Å²) >= 11 is 0. The van der Waals surface area contributed by atoms with Gasteiger partial charge in [-0.05, 0) is 38.5 Å². The van der Waals surface area contributed by atoms with E-state index in [1.165, 1.54) is 5.69 Å². The molecule has 0 aliphatic carbocycles. The van der Waals surface area contributed by atoms with E-state index >= 15 is 0 Å². The number of aryl methyl sites for hydroxylation is 2. The van der Waals surface area contributed by atoms with Crippen LogP contribution in [0.15, 0.2) is 30.3 Å². The first-order valence-corrected chi connectivity index (χ1v) is 7.88. The Bertz CT molecular complexity index is 767. The minimum Gasteiger partial charge on any atom is -0.341 e. The van der Waals surface area contributed by atoms with Crippen molar-refractivity contribution in [3.05, 3.63) is 47.5 Å². The third-order valence-electron chi connectivity index (χ3n) is 4.45. The molecule has 0 amide bonds. The molecule has 0 saturated carbocycles. The summed E-state index contributed by atoms with van der Waals surface area (Å²) in [7, 11) is 0. The largest absolute Gasteiger partial charge is 0.341 e. The number of benzene rings is 1. The van der Waals surface area contributed by atoms with Crippen molar-refractivity contribution in [3.63, 3.8) is 0 Å². The molecule has 1 aromatic carbocycles. The molecule has 1 atom stereocenters. The summed E-state index contributed by atoms with van der Waals surface area (Å²) in [5.41, 5.74) is 4.53. The van der Waals surface area contributed by atoms with Crippen LogP contribution in [0, 0.1) is 13.8 Å². The van der Waals surface area contributed by atoms with Crippen molar-refractivity contribution in [2.24, 2.45) is 0 Å². The number of aromatic nitrogens is 4. The summed E-state index contributed by atoms with van der Waals surface area (Å²) in [5, 5.41) is 4.64. The smallest absolute Gasteiger partial charge is 0.121 e. The minimum atomic E-state index is 0.484. The van der Waals surface area contributed by atoms with Crippen LogP contribution in [-0.2, 0) is 6.54 Å². The van der Waals surface area contributed by atoms with E-state index in [1.807, 2.05) is 12.1 Å². The molecule has 22 heavy (non-hydrogen) atoms. The molecule has 3 heterocycles. The Hall–Kier alpha value is -2.14. The molecule has 1 N–H and O–H groups in total. The zero-order valence-electron chi connectivity index (χ0n) is 13.1. The second kappa shape index (κ2) is 5.25. The Labute approximate surface area is 130 Å². The van der Waals surface area contributed by atoms with E-state index in [2.05, 4.69) is 56.7 Å². The average Bonchev–Trinajstić information content (AvgIpc) is 3.17. The van der Waals surface area contributed by atoms with Gasteiger partial charge in [-0.3, -0.25) is 9.58 Å². The Morgan fingerprint density at radius 1 is 1.27 bits per heavy atom. The molecule has 1 saturated heterocycles. The molecule has 0 unspecified atom stereocenters. The van der Waals surface area contributed by atoms with E-state index in [9.17, 15) is 0 Å². The van der Waals surface area contributed by atoms with Gasteiger partial charge in [0.25, 0.3) is 0 Å². The van der Waals surface area contributed by atoms with Crippen molar-refractivity contribution in [2.75, 3.05) is 13.1 Å². The fourth-order valence-corrected chi connectivity index (χ4v) is 3.46. The van der Waals surface area contributed by atoms with Crippen molar-refractivity contribution in [1.29, 1.82) is 0 Å². The zero-order valence-corrected chi connectivity index (χ0v) is 13.1. The maximum absolute atomic E-state index is 4.68. The predicted octanol–water partition coefficient (Wildman–Crippen LogP) is 2.82. The third kappa shape index (κ3) is 2.41. The lowest BCUT2D eigenvalue weighted by Gasteiger charge is -2.15. The summed E-state index contributed by atoms with van der Waals surface area (Å²) in [6.45, 7) is 7.22. The number of nitrogens with one attached hydrogen (secondary N) is 1. The van der Waals surface area contributed by atoms with Crippen LogP contribution in [0.25, 0.3) is 11.0 Å². The Balaban J connectivity index is 1.47. The molecular formula is C17H21N5. The van der Waals surface area contributed by atoms with E-state index < -0.39 is 0 Å². The first kappa shape index (κ1) is 13.5. The van der Waals surface area contributed by atoms with Crippen LogP contribution in [-0.4, -0.2) is 37.7 Å². The summed E-state index contributed by atoms with van der Waals surface area (Å²) in [5.74, 6) is 1.05. The van der Waals surface area contributed by atoms with Gasteiger partial charge in [0, 0.05) is 18.8 Å². The normalized spacial score (nSPS) is 19.3. The second-order valence-corrected chi connectivity index (χ2v) is 6.25. The highest BCUT2D eigenvalue weighted by atomic mass is 15.3. The Kier molecular flexibility index (Phi) is 3.22. The van der Waals surface area contributed by atoms with Crippen LogP contribution in [0.3, 0.4) is 0 Å². The summed E-state index contributed by atoms with van der Waals surface area (Å²) < 4.78 is 2.19. The third-order valence-corrected chi connectivity index (χ3v) is 4.45. The van der Waals surface area contributed by atoms with Gasteiger partial charge in [0.15, 0.2) is 0 Å². The molecule has 0 bridgehead atoms. The number of aromatic amines is 1. The lowest BCUT2D eigenvalue weighted by Crippen LogP contribution is -2.22. The number of para-hydroxylation sites is 2. The molecule has 5 heteroatoms. The maximum Gasteiger partial charge on any atom is 0.121 e. The van der Waals surface area contributed by atoms with Crippen LogP contribution in [0.2, 0.25) is 0 Å². The molecule has 3 aromatic rings. The van der Waals surface area contributed by atoms with Crippen LogP contribution in [0.4, 0.5) is 0 Å². The molecule has 0 spiro atoms. The van der Waals surface area contributed by atoms with Gasteiger partial charge in [0.1, 0.15) is 5.82 Å². The highest BCUT2D eigenvalue weighted by molar-refractivity contribution is 5.74. The van der Waals surface area contributed by atoms with Crippen LogP contribution in [0.5, 0.6) is 0 Å². The van der Waals surface area contributed by atoms with Crippen molar-refractivity contribution in [3.8, 4) is 0 Å². The van der Waals surface area contributed by atoms with Crippen molar-refractivity contribution < 1.29 is 0 Å². The number of hydrogen-bond acceptors (Lipinski definition) is 3. The van der Waals surface area contributed by atoms with Crippen molar-refractivity contribution in [2.45, 2.75) is 32.9 Å². The van der Waals surface area contributed by atoms with Crippen LogP contribution < -0.4 is 0 Å².